The number of carbonyl (C=O) groups is 1. The van der Waals surface area contributed by atoms with E-state index in [4.69, 9.17) is 4.74 Å². The van der Waals surface area contributed by atoms with Crippen molar-refractivity contribution < 1.29 is 9.53 Å². The molecule has 110 valence electrons. The Balaban J connectivity index is 1.80. The fourth-order valence-corrected chi connectivity index (χ4v) is 2.70. The summed E-state index contributed by atoms with van der Waals surface area (Å²) in [4.78, 5) is 14.3. The monoisotopic (exact) mass is 275 g/mol. The molecule has 1 heterocycles. The Morgan fingerprint density at radius 1 is 1.05 bits per heavy atom. The maximum atomic E-state index is 12.3. The van der Waals surface area contributed by atoms with Crippen LogP contribution in [0.5, 0.6) is 5.75 Å². The summed E-state index contributed by atoms with van der Waals surface area (Å²) in [5, 5.41) is 0. The second-order valence-corrected chi connectivity index (χ2v) is 5.50. The number of carbonyl (C=O) groups excluding carboxylic acids is 1. The molecule has 0 aromatic heterocycles. The minimum Gasteiger partial charge on any atom is -0.497 e. The van der Waals surface area contributed by atoms with Crippen molar-refractivity contribution in [3.63, 3.8) is 0 Å². The third-order valence-corrected chi connectivity index (χ3v) is 4.00. The Morgan fingerprint density at radius 3 is 2.25 bits per heavy atom. The predicted octanol–water partition coefficient (Wildman–Crippen LogP) is 3.42. The average Bonchev–Trinajstić information content (AvgIpc) is 2.45. The summed E-state index contributed by atoms with van der Waals surface area (Å²) in [7, 11) is 1.67. The van der Waals surface area contributed by atoms with Crippen molar-refractivity contribution in [1.29, 1.82) is 0 Å². The van der Waals surface area contributed by atoms with Crippen LogP contribution in [0.25, 0.3) is 0 Å². The van der Waals surface area contributed by atoms with Crippen LogP contribution in [0.2, 0.25) is 0 Å². The van der Waals surface area contributed by atoms with Gasteiger partial charge in [-0.3, -0.25) is 4.79 Å². The highest BCUT2D eigenvalue weighted by molar-refractivity contribution is 5.76. The van der Waals surface area contributed by atoms with Gasteiger partial charge in [0.2, 0.25) is 5.91 Å². The van der Waals surface area contributed by atoms with Crippen LogP contribution in [0.15, 0.2) is 24.3 Å². The molecule has 20 heavy (non-hydrogen) atoms. The number of methoxy groups -OCH3 is 1. The lowest BCUT2D eigenvalue weighted by atomic mass is 10.1. The number of rotatable bonds is 4. The standard InChI is InChI=1S/C17H25NO2/c1-20-16-10-7-15(8-11-16)9-12-17(19)18-13-5-3-2-4-6-14-18/h7-8,10-11H,2-6,9,12-14H2,1H3. The molecular weight excluding hydrogens is 250 g/mol. The van der Waals surface area contributed by atoms with E-state index in [1.165, 1.54) is 24.8 Å². The van der Waals surface area contributed by atoms with Crippen molar-refractivity contribution in [2.45, 2.75) is 44.9 Å². The molecule has 0 aliphatic carbocycles. The van der Waals surface area contributed by atoms with E-state index in [9.17, 15) is 4.79 Å². The minimum atomic E-state index is 0.308. The van der Waals surface area contributed by atoms with Gasteiger partial charge in [0.25, 0.3) is 0 Å². The molecule has 0 unspecified atom stereocenters. The molecule has 1 saturated heterocycles. The van der Waals surface area contributed by atoms with E-state index in [-0.39, 0.29) is 0 Å². The quantitative estimate of drug-likeness (QED) is 0.842. The van der Waals surface area contributed by atoms with Crippen molar-refractivity contribution in [3.05, 3.63) is 29.8 Å². The van der Waals surface area contributed by atoms with E-state index >= 15 is 0 Å². The molecule has 1 aromatic carbocycles. The number of benzene rings is 1. The van der Waals surface area contributed by atoms with E-state index in [1.54, 1.807) is 7.11 Å². The van der Waals surface area contributed by atoms with E-state index in [2.05, 4.69) is 4.90 Å². The predicted molar refractivity (Wildman–Crippen MR) is 81.0 cm³/mol. The summed E-state index contributed by atoms with van der Waals surface area (Å²) < 4.78 is 5.14. The van der Waals surface area contributed by atoms with Gasteiger partial charge in [0.15, 0.2) is 0 Å². The zero-order valence-corrected chi connectivity index (χ0v) is 12.4. The Kier molecular flexibility index (Phi) is 5.90. The van der Waals surface area contributed by atoms with E-state index in [0.717, 1.165) is 38.1 Å². The SMILES string of the molecule is COc1ccc(CCC(=O)N2CCCCCCC2)cc1. The highest BCUT2D eigenvalue weighted by Crippen LogP contribution is 2.15. The number of hydrogen-bond donors (Lipinski definition) is 0. The van der Waals surface area contributed by atoms with Gasteiger partial charge >= 0.3 is 0 Å². The average molecular weight is 275 g/mol. The van der Waals surface area contributed by atoms with Gasteiger partial charge in [-0.15, -0.1) is 0 Å². The second kappa shape index (κ2) is 7.93. The Bertz CT molecular complexity index is 406. The third-order valence-electron chi connectivity index (χ3n) is 4.00. The normalized spacial score (nSPS) is 16.4. The van der Waals surface area contributed by atoms with E-state index in [0.29, 0.717) is 12.3 Å². The van der Waals surface area contributed by atoms with Crippen LogP contribution in [0, 0.1) is 0 Å². The van der Waals surface area contributed by atoms with E-state index < -0.39 is 0 Å². The molecule has 1 amide bonds. The molecule has 0 saturated carbocycles. The summed E-state index contributed by atoms with van der Waals surface area (Å²) in [6.45, 7) is 1.89. The highest BCUT2D eigenvalue weighted by Gasteiger charge is 2.14. The summed E-state index contributed by atoms with van der Waals surface area (Å²) in [6, 6.07) is 7.99. The number of likely N-dealkylation sites (tertiary alicyclic amines) is 1. The molecule has 3 nitrogen and oxygen atoms in total. The van der Waals surface area contributed by atoms with Crippen molar-refractivity contribution in [1.82, 2.24) is 4.90 Å². The third kappa shape index (κ3) is 4.55. The molecular formula is C17H25NO2. The van der Waals surface area contributed by atoms with Crippen LogP contribution in [0.1, 0.15) is 44.1 Å². The first kappa shape index (κ1) is 14.9. The molecule has 0 N–H and O–H groups in total. The zero-order chi connectivity index (χ0) is 14.2. The van der Waals surface area contributed by atoms with Gasteiger partial charge < -0.3 is 9.64 Å². The molecule has 0 atom stereocenters. The van der Waals surface area contributed by atoms with Crippen molar-refractivity contribution >= 4 is 5.91 Å². The highest BCUT2D eigenvalue weighted by atomic mass is 16.5. The number of nitrogens with zero attached hydrogens (tertiary/aromatic N) is 1. The van der Waals surface area contributed by atoms with Gasteiger partial charge in [-0.05, 0) is 37.0 Å². The molecule has 0 radical (unpaired) electrons. The number of amides is 1. The largest absolute Gasteiger partial charge is 0.497 e. The van der Waals surface area contributed by atoms with Crippen LogP contribution in [0.4, 0.5) is 0 Å². The van der Waals surface area contributed by atoms with Crippen molar-refractivity contribution in [2.75, 3.05) is 20.2 Å². The van der Waals surface area contributed by atoms with Gasteiger partial charge in [0.05, 0.1) is 7.11 Å². The summed E-state index contributed by atoms with van der Waals surface area (Å²) in [5.74, 6) is 1.17. The van der Waals surface area contributed by atoms with Crippen LogP contribution in [0.3, 0.4) is 0 Å². The molecule has 2 rings (SSSR count). The Morgan fingerprint density at radius 2 is 1.65 bits per heavy atom. The summed E-state index contributed by atoms with van der Waals surface area (Å²) >= 11 is 0. The zero-order valence-electron chi connectivity index (χ0n) is 12.4. The smallest absolute Gasteiger partial charge is 0.222 e. The number of ether oxygens (including phenoxy) is 1. The maximum absolute atomic E-state index is 12.3. The molecule has 3 heteroatoms. The van der Waals surface area contributed by atoms with Gasteiger partial charge in [-0.1, -0.05) is 31.4 Å². The topological polar surface area (TPSA) is 29.5 Å². The molecule has 1 fully saturated rings. The minimum absolute atomic E-state index is 0.308. The van der Waals surface area contributed by atoms with Crippen molar-refractivity contribution in [3.8, 4) is 5.75 Å². The first-order valence-electron chi connectivity index (χ1n) is 7.70. The van der Waals surface area contributed by atoms with Gasteiger partial charge in [-0.25, -0.2) is 0 Å². The van der Waals surface area contributed by atoms with Crippen LogP contribution >= 0.6 is 0 Å². The van der Waals surface area contributed by atoms with Gasteiger partial charge in [-0.2, -0.15) is 0 Å². The second-order valence-electron chi connectivity index (χ2n) is 5.50. The number of hydrogen-bond acceptors (Lipinski definition) is 2. The summed E-state index contributed by atoms with van der Waals surface area (Å²) in [6.07, 6.45) is 7.62. The molecule has 1 aromatic rings. The fraction of sp³-hybridized carbons (Fsp3) is 0.588. The Hall–Kier alpha value is -1.51. The van der Waals surface area contributed by atoms with Gasteiger partial charge in [0, 0.05) is 19.5 Å². The van der Waals surface area contributed by atoms with Crippen LogP contribution in [-0.2, 0) is 11.2 Å². The molecule has 1 aliphatic heterocycles. The van der Waals surface area contributed by atoms with E-state index in [1.807, 2.05) is 24.3 Å². The number of aryl methyl sites for hydroxylation is 1. The van der Waals surface area contributed by atoms with Crippen molar-refractivity contribution in [2.24, 2.45) is 0 Å². The first-order valence-corrected chi connectivity index (χ1v) is 7.70. The summed E-state index contributed by atoms with van der Waals surface area (Å²) in [5.41, 5.74) is 1.20. The lowest BCUT2D eigenvalue weighted by Crippen LogP contribution is -2.33. The molecule has 1 aliphatic rings. The first-order chi connectivity index (χ1) is 9.79. The fourth-order valence-electron chi connectivity index (χ4n) is 2.70. The van der Waals surface area contributed by atoms with Gasteiger partial charge in [0.1, 0.15) is 5.75 Å². The molecule has 0 spiro atoms. The lowest BCUT2D eigenvalue weighted by Gasteiger charge is -2.24. The van der Waals surface area contributed by atoms with Crippen LogP contribution < -0.4 is 4.74 Å². The molecule has 0 bridgehead atoms. The maximum Gasteiger partial charge on any atom is 0.222 e. The Labute approximate surface area is 121 Å². The lowest BCUT2D eigenvalue weighted by molar-refractivity contribution is -0.131. The van der Waals surface area contributed by atoms with Crippen LogP contribution in [-0.4, -0.2) is 31.0 Å².